The van der Waals surface area contributed by atoms with Gasteiger partial charge in [0.25, 0.3) is 0 Å². The number of hydrogen-bond donors (Lipinski definition) is 2. The number of halogens is 1. The Labute approximate surface area is 148 Å². The SMILES string of the molecule is CN(C)CCCNCC(=O)c1nsc(NCCCN(C)C)c1Cl. The van der Waals surface area contributed by atoms with Crippen LogP contribution >= 0.6 is 23.1 Å². The van der Waals surface area contributed by atoms with Crippen LogP contribution in [0, 0.1) is 0 Å². The van der Waals surface area contributed by atoms with Crippen molar-refractivity contribution >= 4 is 33.9 Å². The van der Waals surface area contributed by atoms with Crippen LogP contribution in [0.3, 0.4) is 0 Å². The largest absolute Gasteiger partial charge is 0.374 e. The lowest BCUT2D eigenvalue weighted by molar-refractivity contribution is 0.0987. The van der Waals surface area contributed by atoms with Gasteiger partial charge in [-0.2, -0.15) is 4.37 Å². The molecule has 0 atom stereocenters. The second-order valence-corrected chi connectivity index (χ2v) is 7.17. The molecule has 1 aromatic heterocycles. The number of carbonyl (C=O) groups excluding carboxylic acids is 1. The maximum Gasteiger partial charge on any atom is 0.197 e. The minimum Gasteiger partial charge on any atom is -0.374 e. The minimum absolute atomic E-state index is 0.0579. The maximum atomic E-state index is 12.1. The van der Waals surface area contributed by atoms with Crippen LogP contribution in [-0.2, 0) is 0 Å². The van der Waals surface area contributed by atoms with Gasteiger partial charge in [0.05, 0.1) is 6.54 Å². The molecule has 0 amide bonds. The number of Topliss-reactive ketones (excluding diaryl/α,β-unsaturated/α-hetero) is 1. The third-order valence-electron chi connectivity index (χ3n) is 3.21. The van der Waals surface area contributed by atoms with E-state index in [1.807, 2.05) is 28.2 Å². The molecule has 0 saturated heterocycles. The van der Waals surface area contributed by atoms with Crippen molar-refractivity contribution in [2.24, 2.45) is 0 Å². The predicted octanol–water partition coefficient (Wildman–Crippen LogP) is 1.88. The van der Waals surface area contributed by atoms with Crippen molar-refractivity contribution in [1.82, 2.24) is 19.5 Å². The summed E-state index contributed by atoms with van der Waals surface area (Å²) < 4.78 is 4.20. The molecule has 0 fully saturated rings. The molecule has 0 unspecified atom stereocenters. The first-order chi connectivity index (χ1) is 10.9. The van der Waals surface area contributed by atoms with E-state index < -0.39 is 0 Å². The van der Waals surface area contributed by atoms with Crippen LogP contribution < -0.4 is 10.6 Å². The second kappa shape index (κ2) is 10.9. The van der Waals surface area contributed by atoms with Gasteiger partial charge in [-0.15, -0.1) is 0 Å². The highest BCUT2D eigenvalue weighted by Crippen LogP contribution is 2.30. The molecule has 132 valence electrons. The number of anilines is 1. The molecule has 6 nitrogen and oxygen atoms in total. The van der Waals surface area contributed by atoms with E-state index in [0.29, 0.717) is 10.7 Å². The van der Waals surface area contributed by atoms with Gasteiger partial charge in [0, 0.05) is 6.54 Å². The molecule has 0 aliphatic carbocycles. The predicted molar refractivity (Wildman–Crippen MR) is 99.2 cm³/mol. The summed E-state index contributed by atoms with van der Waals surface area (Å²) in [6.45, 7) is 3.90. The van der Waals surface area contributed by atoms with Gasteiger partial charge in [-0.1, -0.05) is 11.6 Å². The van der Waals surface area contributed by atoms with Gasteiger partial charge in [-0.05, 0) is 72.2 Å². The maximum absolute atomic E-state index is 12.1. The van der Waals surface area contributed by atoms with Crippen LogP contribution in [0.1, 0.15) is 23.3 Å². The molecule has 0 saturated carbocycles. The molecule has 1 aromatic rings. The van der Waals surface area contributed by atoms with Crippen LogP contribution in [-0.4, -0.2) is 80.9 Å². The fourth-order valence-electron chi connectivity index (χ4n) is 1.97. The number of aromatic nitrogens is 1. The highest BCUT2D eigenvalue weighted by molar-refractivity contribution is 7.11. The monoisotopic (exact) mass is 361 g/mol. The Bertz CT molecular complexity index is 478. The number of hydrogen-bond acceptors (Lipinski definition) is 7. The smallest absolute Gasteiger partial charge is 0.197 e. The summed E-state index contributed by atoms with van der Waals surface area (Å²) in [5, 5.41) is 7.62. The Hall–Kier alpha value is -0.730. The average molecular weight is 362 g/mol. The second-order valence-electron chi connectivity index (χ2n) is 6.01. The van der Waals surface area contributed by atoms with Crippen LogP contribution in [0.25, 0.3) is 0 Å². The molecular weight excluding hydrogens is 334 g/mol. The molecule has 1 rings (SSSR count). The van der Waals surface area contributed by atoms with Gasteiger partial charge in [-0.3, -0.25) is 4.79 Å². The van der Waals surface area contributed by atoms with Gasteiger partial charge in [0.15, 0.2) is 5.78 Å². The zero-order valence-corrected chi connectivity index (χ0v) is 16.1. The van der Waals surface area contributed by atoms with E-state index in [0.717, 1.165) is 44.0 Å². The molecule has 1 heterocycles. The highest BCUT2D eigenvalue weighted by Gasteiger charge is 2.17. The van der Waals surface area contributed by atoms with E-state index in [1.54, 1.807) is 0 Å². The van der Waals surface area contributed by atoms with Crippen LogP contribution in [0.2, 0.25) is 5.02 Å². The van der Waals surface area contributed by atoms with Crippen molar-refractivity contribution in [2.45, 2.75) is 12.8 Å². The molecule has 0 radical (unpaired) electrons. The Morgan fingerprint density at radius 1 is 1.13 bits per heavy atom. The molecule has 0 aliphatic heterocycles. The summed E-state index contributed by atoms with van der Waals surface area (Å²) in [7, 11) is 8.16. The summed E-state index contributed by atoms with van der Waals surface area (Å²) in [5.74, 6) is -0.0579. The first-order valence-electron chi connectivity index (χ1n) is 7.84. The zero-order chi connectivity index (χ0) is 17.2. The van der Waals surface area contributed by atoms with E-state index in [2.05, 4.69) is 24.8 Å². The molecule has 0 aromatic carbocycles. The van der Waals surface area contributed by atoms with Crippen molar-refractivity contribution in [3.8, 4) is 0 Å². The third kappa shape index (κ3) is 8.08. The van der Waals surface area contributed by atoms with Crippen molar-refractivity contribution in [1.29, 1.82) is 0 Å². The fraction of sp³-hybridized carbons (Fsp3) is 0.733. The van der Waals surface area contributed by atoms with E-state index in [-0.39, 0.29) is 12.3 Å². The van der Waals surface area contributed by atoms with E-state index in [9.17, 15) is 4.79 Å². The van der Waals surface area contributed by atoms with Crippen LogP contribution in [0.4, 0.5) is 5.00 Å². The molecule has 0 spiro atoms. The third-order valence-corrected chi connectivity index (χ3v) is 4.50. The Morgan fingerprint density at radius 2 is 1.74 bits per heavy atom. The van der Waals surface area contributed by atoms with Gasteiger partial charge in [0.2, 0.25) is 0 Å². The lowest BCUT2D eigenvalue weighted by Gasteiger charge is -2.09. The van der Waals surface area contributed by atoms with Gasteiger partial charge >= 0.3 is 0 Å². The standard InChI is InChI=1S/C15H28ClN5OS/c1-20(2)9-5-7-17-11-12(22)14-13(16)15(23-19-14)18-8-6-10-21(3)4/h17-18H,5-11H2,1-4H3. The lowest BCUT2D eigenvalue weighted by Crippen LogP contribution is -2.26. The van der Waals surface area contributed by atoms with Gasteiger partial charge < -0.3 is 20.4 Å². The molecule has 0 bridgehead atoms. The molecule has 8 heteroatoms. The van der Waals surface area contributed by atoms with Crippen molar-refractivity contribution in [3.05, 3.63) is 10.7 Å². The highest BCUT2D eigenvalue weighted by atomic mass is 35.5. The number of ketones is 1. The first kappa shape index (κ1) is 20.3. The Kier molecular flexibility index (Phi) is 9.66. The molecule has 23 heavy (non-hydrogen) atoms. The summed E-state index contributed by atoms with van der Waals surface area (Å²) >= 11 is 7.51. The number of rotatable bonds is 12. The number of carbonyl (C=O) groups is 1. The molecule has 2 N–H and O–H groups in total. The number of nitrogens with zero attached hydrogens (tertiary/aromatic N) is 3. The van der Waals surface area contributed by atoms with Gasteiger partial charge in [0.1, 0.15) is 15.7 Å². The summed E-state index contributed by atoms with van der Waals surface area (Å²) in [6, 6.07) is 0. The van der Waals surface area contributed by atoms with E-state index in [4.69, 9.17) is 11.6 Å². The molecule has 0 aliphatic rings. The van der Waals surface area contributed by atoms with Gasteiger partial charge in [-0.25, -0.2) is 0 Å². The molecular formula is C15H28ClN5OS. The van der Waals surface area contributed by atoms with Crippen molar-refractivity contribution in [2.75, 3.05) is 66.2 Å². The summed E-state index contributed by atoms with van der Waals surface area (Å²) in [6.07, 6.45) is 2.02. The summed E-state index contributed by atoms with van der Waals surface area (Å²) in [4.78, 5) is 16.4. The van der Waals surface area contributed by atoms with Crippen molar-refractivity contribution in [3.63, 3.8) is 0 Å². The van der Waals surface area contributed by atoms with Crippen LogP contribution in [0.5, 0.6) is 0 Å². The Balaban J connectivity index is 2.34. The quantitative estimate of drug-likeness (QED) is 0.438. The first-order valence-corrected chi connectivity index (χ1v) is 8.99. The van der Waals surface area contributed by atoms with Crippen molar-refractivity contribution < 1.29 is 4.79 Å². The Morgan fingerprint density at radius 3 is 2.35 bits per heavy atom. The van der Waals surface area contributed by atoms with E-state index >= 15 is 0 Å². The number of nitrogens with one attached hydrogen (secondary N) is 2. The van der Waals surface area contributed by atoms with E-state index in [1.165, 1.54) is 11.5 Å². The minimum atomic E-state index is -0.0579. The average Bonchev–Trinajstić information content (AvgIpc) is 2.84. The summed E-state index contributed by atoms with van der Waals surface area (Å²) in [5.41, 5.74) is 0.367. The normalized spacial score (nSPS) is 11.4. The lowest BCUT2D eigenvalue weighted by atomic mass is 10.2. The topological polar surface area (TPSA) is 60.5 Å². The zero-order valence-electron chi connectivity index (χ0n) is 14.5. The van der Waals surface area contributed by atoms with Crippen LogP contribution in [0.15, 0.2) is 0 Å². The fourth-order valence-corrected chi connectivity index (χ4v) is 3.05.